The van der Waals surface area contributed by atoms with Crippen LogP contribution in [0.1, 0.15) is 6.92 Å². The molecule has 0 atom stereocenters. The monoisotopic (exact) mass is 197 g/mol. The summed E-state index contributed by atoms with van der Waals surface area (Å²) in [6.45, 7) is 1.99. The lowest BCUT2D eigenvalue weighted by molar-refractivity contribution is 1.32. The zero-order valence-electron chi connectivity index (χ0n) is 8.64. The van der Waals surface area contributed by atoms with Crippen molar-refractivity contribution in [1.29, 1.82) is 0 Å². The third kappa shape index (κ3) is 2.56. The maximum atomic E-state index is 4.30. The summed E-state index contributed by atoms with van der Waals surface area (Å²) in [6, 6.07) is 9.92. The number of hydrazone groups is 1. The third-order valence-electron chi connectivity index (χ3n) is 2.21. The molecule has 2 rings (SSSR count). The zero-order chi connectivity index (χ0) is 10.5. The first kappa shape index (κ1) is 9.71. The Bertz CT molecular complexity index is 413. The van der Waals surface area contributed by atoms with Gasteiger partial charge in [-0.1, -0.05) is 36.4 Å². The summed E-state index contributed by atoms with van der Waals surface area (Å²) in [5.74, 6) is 0. The number of hydrogen-bond donors (Lipinski definition) is 1. The summed E-state index contributed by atoms with van der Waals surface area (Å²) in [4.78, 5) is 0. The molecule has 75 valence electrons. The highest BCUT2D eigenvalue weighted by atomic mass is 15.3. The van der Waals surface area contributed by atoms with Crippen molar-refractivity contribution in [2.24, 2.45) is 5.10 Å². The van der Waals surface area contributed by atoms with Crippen molar-refractivity contribution in [2.45, 2.75) is 6.92 Å². The van der Waals surface area contributed by atoms with Crippen LogP contribution in [-0.4, -0.2) is 5.71 Å². The lowest BCUT2D eigenvalue weighted by atomic mass is 10.1. The van der Waals surface area contributed by atoms with Gasteiger partial charge in [-0.3, -0.25) is 5.43 Å². The summed E-state index contributed by atoms with van der Waals surface area (Å²) in [6.07, 6.45) is 8.12. The number of para-hydroxylation sites is 1. The summed E-state index contributed by atoms with van der Waals surface area (Å²) >= 11 is 0. The molecule has 0 fully saturated rings. The van der Waals surface area contributed by atoms with Gasteiger partial charge < -0.3 is 0 Å². The molecular weight excluding hydrogens is 184 g/mol. The van der Waals surface area contributed by atoms with Crippen LogP contribution in [0.5, 0.6) is 0 Å². The van der Waals surface area contributed by atoms with Crippen molar-refractivity contribution >= 4 is 11.4 Å². The number of benzene rings is 1. The Labute approximate surface area is 90.0 Å². The lowest BCUT2D eigenvalue weighted by Crippen LogP contribution is -2.00. The highest BCUT2D eigenvalue weighted by molar-refractivity contribution is 6.01. The van der Waals surface area contributed by atoms with Gasteiger partial charge in [0.05, 0.1) is 11.4 Å². The van der Waals surface area contributed by atoms with E-state index in [1.165, 1.54) is 0 Å². The second-order valence-electron chi connectivity index (χ2n) is 3.35. The van der Waals surface area contributed by atoms with Crippen LogP contribution in [0.4, 0.5) is 5.69 Å². The molecule has 1 aromatic carbocycles. The molecule has 2 nitrogen and oxygen atoms in total. The predicted octanol–water partition coefficient (Wildman–Crippen LogP) is 3.17. The Morgan fingerprint density at radius 3 is 2.60 bits per heavy atom. The third-order valence-corrected chi connectivity index (χ3v) is 2.21. The number of nitrogens with one attached hydrogen (secondary N) is 1. The molecule has 0 spiro atoms. The van der Waals surface area contributed by atoms with E-state index >= 15 is 0 Å². The van der Waals surface area contributed by atoms with E-state index in [2.05, 4.69) is 10.5 Å². The van der Waals surface area contributed by atoms with Gasteiger partial charge >= 0.3 is 0 Å². The molecule has 0 aliphatic heterocycles. The largest absolute Gasteiger partial charge is 0.278 e. The average Bonchev–Trinajstić information content (AvgIpc) is 2.81. The maximum Gasteiger partial charge on any atom is 0.0614 e. The molecule has 1 aliphatic rings. The Kier molecular flexibility index (Phi) is 2.98. The van der Waals surface area contributed by atoms with E-state index in [1.807, 2.05) is 61.9 Å². The van der Waals surface area contributed by atoms with Gasteiger partial charge in [0.15, 0.2) is 0 Å². The van der Waals surface area contributed by atoms with Crippen LogP contribution < -0.4 is 5.43 Å². The van der Waals surface area contributed by atoms with Crippen molar-refractivity contribution in [3.63, 3.8) is 0 Å². The van der Waals surface area contributed by atoms with E-state index in [0.29, 0.717) is 0 Å². The van der Waals surface area contributed by atoms with Crippen LogP contribution >= 0.6 is 0 Å². The van der Waals surface area contributed by atoms with Crippen LogP contribution in [0, 0.1) is 6.42 Å². The van der Waals surface area contributed by atoms with Crippen LogP contribution in [0.3, 0.4) is 0 Å². The normalized spacial score (nSPS) is 15.3. The van der Waals surface area contributed by atoms with Crippen LogP contribution in [0.2, 0.25) is 0 Å². The highest BCUT2D eigenvalue weighted by Crippen LogP contribution is 2.12. The predicted molar refractivity (Wildman–Crippen MR) is 64.7 cm³/mol. The standard InChI is InChI=1S/C13H13N2/c1-11(12-7-5-6-8-12)14-15-13-9-3-2-4-10-13/h2-10,15H,1H3/b14-11+. The molecule has 1 aliphatic carbocycles. The SMILES string of the molecule is C/C(=N\Nc1ccccc1)C1=CC=C[CH]1. The molecule has 15 heavy (non-hydrogen) atoms. The van der Waals surface area contributed by atoms with Gasteiger partial charge in [0.25, 0.3) is 0 Å². The van der Waals surface area contributed by atoms with Crippen LogP contribution in [-0.2, 0) is 0 Å². The van der Waals surface area contributed by atoms with Gasteiger partial charge in [-0.2, -0.15) is 5.10 Å². The molecule has 0 bridgehead atoms. The fourth-order valence-electron chi connectivity index (χ4n) is 1.34. The van der Waals surface area contributed by atoms with E-state index < -0.39 is 0 Å². The fourth-order valence-corrected chi connectivity index (χ4v) is 1.34. The lowest BCUT2D eigenvalue weighted by Gasteiger charge is -2.03. The molecule has 0 heterocycles. The quantitative estimate of drug-likeness (QED) is 0.584. The Morgan fingerprint density at radius 1 is 1.13 bits per heavy atom. The van der Waals surface area contributed by atoms with Crippen molar-refractivity contribution < 1.29 is 0 Å². The minimum Gasteiger partial charge on any atom is -0.278 e. The molecule has 0 saturated heterocycles. The smallest absolute Gasteiger partial charge is 0.0614 e. The van der Waals surface area contributed by atoms with Gasteiger partial charge in [0.2, 0.25) is 0 Å². The topological polar surface area (TPSA) is 24.4 Å². The molecule has 0 saturated carbocycles. The second-order valence-corrected chi connectivity index (χ2v) is 3.35. The highest BCUT2D eigenvalue weighted by Gasteiger charge is 2.02. The summed E-state index contributed by atoms with van der Waals surface area (Å²) in [5.41, 5.74) is 6.16. The molecule has 0 amide bonds. The molecule has 0 aromatic heterocycles. The van der Waals surface area contributed by atoms with E-state index in [0.717, 1.165) is 17.0 Å². The van der Waals surface area contributed by atoms with Gasteiger partial charge in [-0.05, 0) is 24.6 Å². The summed E-state index contributed by atoms with van der Waals surface area (Å²) < 4.78 is 0. The van der Waals surface area contributed by atoms with E-state index in [4.69, 9.17) is 0 Å². The molecule has 0 unspecified atom stereocenters. The number of rotatable bonds is 3. The van der Waals surface area contributed by atoms with Crippen molar-refractivity contribution in [3.05, 3.63) is 60.6 Å². The Hall–Kier alpha value is -1.83. The fraction of sp³-hybridized carbons (Fsp3) is 0.0769. The molecule has 2 heteroatoms. The van der Waals surface area contributed by atoms with Gasteiger partial charge in [0.1, 0.15) is 0 Å². The number of hydrogen-bond acceptors (Lipinski definition) is 2. The molecule has 1 aromatic rings. The summed E-state index contributed by atoms with van der Waals surface area (Å²) in [7, 11) is 0. The van der Waals surface area contributed by atoms with Crippen LogP contribution in [0.25, 0.3) is 0 Å². The molecular formula is C13H13N2. The first-order chi connectivity index (χ1) is 7.36. The summed E-state index contributed by atoms with van der Waals surface area (Å²) in [5, 5.41) is 4.30. The first-order valence-electron chi connectivity index (χ1n) is 4.94. The first-order valence-corrected chi connectivity index (χ1v) is 4.94. The van der Waals surface area contributed by atoms with E-state index in [1.54, 1.807) is 0 Å². The molecule has 1 radical (unpaired) electrons. The van der Waals surface area contributed by atoms with Crippen molar-refractivity contribution in [2.75, 3.05) is 5.43 Å². The van der Waals surface area contributed by atoms with E-state index in [9.17, 15) is 0 Å². The average molecular weight is 197 g/mol. The van der Waals surface area contributed by atoms with Crippen molar-refractivity contribution in [3.8, 4) is 0 Å². The Balaban J connectivity index is 2.00. The van der Waals surface area contributed by atoms with Gasteiger partial charge in [0, 0.05) is 6.42 Å². The number of anilines is 1. The minimum absolute atomic E-state index is 0.990. The minimum atomic E-state index is 0.990. The zero-order valence-corrected chi connectivity index (χ0v) is 8.64. The van der Waals surface area contributed by atoms with Gasteiger partial charge in [-0.25, -0.2) is 0 Å². The van der Waals surface area contributed by atoms with Crippen molar-refractivity contribution in [1.82, 2.24) is 0 Å². The van der Waals surface area contributed by atoms with Gasteiger partial charge in [-0.15, -0.1) is 0 Å². The van der Waals surface area contributed by atoms with E-state index in [-0.39, 0.29) is 0 Å². The second kappa shape index (κ2) is 4.60. The maximum absolute atomic E-state index is 4.30. The number of nitrogens with zero attached hydrogens (tertiary/aromatic N) is 1. The Morgan fingerprint density at radius 2 is 1.93 bits per heavy atom. The molecule has 1 N–H and O–H groups in total. The number of allylic oxidation sites excluding steroid dienone is 4. The van der Waals surface area contributed by atoms with Crippen LogP contribution in [0.15, 0.2) is 59.2 Å².